The quantitative estimate of drug-likeness (QED) is 0.801. The van der Waals surface area contributed by atoms with Gasteiger partial charge in [-0.3, -0.25) is 0 Å². The van der Waals surface area contributed by atoms with Gasteiger partial charge in [0.2, 0.25) is 0 Å². The molecule has 0 fully saturated rings. The van der Waals surface area contributed by atoms with Gasteiger partial charge >= 0.3 is 6.09 Å². The van der Waals surface area contributed by atoms with Crippen LogP contribution in [0.3, 0.4) is 0 Å². The molecule has 0 atom stereocenters. The number of hydrogen-bond acceptors (Lipinski definition) is 2. The molecule has 0 aliphatic carbocycles. The molecule has 0 rings (SSSR count). The number of carbonyl (C=O) groups excluding carboxylic acids is 1. The van der Waals surface area contributed by atoms with E-state index in [1.54, 1.807) is 13.5 Å². The first-order chi connectivity index (χ1) is 5.99. The zero-order valence-electron chi connectivity index (χ0n) is 9.70. The van der Waals surface area contributed by atoms with Crippen LogP contribution < -0.4 is 5.32 Å². The van der Waals surface area contributed by atoms with Crippen molar-refractivity contribution in [3.05, 3.63) is 6.54 Å². The van der Waals surface area contributed by atoms with E-state index in [1.807, 2.05) is 27.7 Å². The normalized spacial score (nSPS) is 10.3. The SMILES string of the molecule is C[CH-]NC(=O)OC(C(C)C)C(C)C.[Y]. The molecule has 1 N–H and O–H groups in total. The maximum absolute atomic E-state index is 11.1. The minimum atomic E-state index is -0.366. The molecule has 0 aliphatic heterocycles. The Bertz CT molecular complexity index is 152. The Kier molecular flexibility index (Phi) is 10.4. The van der Waals surface area contributed by atoms with E-state index in [2.05, 4.69) is 5.32 Å². The minimum absolute atomic E-state index is 0. The fourth-order valence-corrected chi connectivity index (χ4v) is 1.32. The maximum atomic E-state index is 11.1. The van der Waals surface area contributed by atoms with Gasteiger partial charge in [0.15, 0.2) is 0 Å². The number of alkyl carbamates (subject to hydrolysis) is 1. The van der Waals surface area contributed by atoms with Crippen LogP contribution in [0.2, 0.25) is 0 Å². The Balaban J connectivity index is 0. The predicted molar refractivity (Wildman–Crippen MR) is 53.1 cm³/mol. The number of ether oxygens (including phenoxy) is 1. The molecule has 1 radical (unpaired) electrons. The third-order valence-corrected chi connectivity index (χ3v) is 1.82. The Morgan fingerprint density at radius 1 is 1.21 bits per heavy atom. The minimum Gasteiger partial charge on any atom is -0.471 e. The van der Waals surface area contributed by atoms with Crippen molar-refractivity contribution < 1.29 is 42.2 Å². The van der Waals surface area contributed by atoms with Gasteiger partial charge in [-0.2, -0.15) is 6.92 Å². The molecular weight excluding hydrogens is 255 g/mol. The van der Waals surface area contributed by atoms with Gasteiger partial charge in [0.1, 0.15) is 6.10 Å². The van der Waals surface area contributed by atoms with E-state index in [9.17, 15) is 4.79 Å². The Morgan fingerprint density at radius 2 is 1.64 bits per heavy atom. The van der Waals surface area contributed by atoms with Crippen LogP contribution in [-0.4, -0.2) is 12.2 Å². The number of rotatable bonds is 4. The van der Waals surface area contributed by atoms with Crippen LogP contribution in [0.4, 0.5) is 4.79 Å². The third kappa shape index (κ3) is 6.77. The zero-order chi connectivity index (χ0) is 10.4. The molecule has 0 aromatic carbocycles. The molecule has 0 aromatic heterocycles. The van der Waals surface area contributed by atoms with E-state index >= 15 is 0 Å². The van der Waals surface area contributed by atoms with Crippen molar-refractivity contribution in [1.82, 2.24) is 5.32 Å². The van der Waals surface area contributed by atoms with Gasteiger partial charge in [0.25, 0.3) is 0 Å². The van der Waals surface area contributed by atoms with E-state index in [1.165, 1.54) is 0 Å². The van der Waals surface area contributed by atoms with Crippen LogP contribution in [0, 0.1) is 18.4 Å². The number of nitrogens with one attached hydrogen (secondary N) is 1. The molecule has 0 aromatic rings. The summed E-state index contributed by atoms with van der Waals surface area (Å²) in [6.07, 6.45) is -0.380. The summed E-state index contributed by atoms with van der Waals surface area (Å²) in [7, 11) is 0. The first kappa shape index (κ1) is 16.8. The van der Waals surface area contributed by atoms with Gasteiger partial charge < -0.3 is 10.1 Å². The summed E-state index contributed by atoms with van der Waals surface area (Å²) in [4.78, 5) is 11.1. The summed E-state index contributed by atoms with van der Waals surface area (Å²) in [6.45, 7) is 11.5. The van der Waals surface area contributed by atoms with E-state index in [4.69, 9.17) is 4.74 Å². The largest absolute Gasteiger partial charge is 0.471 e. The van der Waals surface area contributed by atoms with Crippen LogP contribution in [-0.2, 0) is 37.4 Å². The molecule has 0 saturated carbocycles. The van der Waals surface area contributed by atoms with Crippen molar-refractivity contribution >= 4 is 6.09 Å². The van der Waals surface area contributed by atoms with Crippen molar-refractivity contribution in [2.45, 2.75) is 40.7 Å². The third-order valence-electron chi connectivity index (χ3n) is 1.82. The first-order valence-corrected chi connectivity index (χ1v) is 4.74. The van der Waals surface area contributed by atoms with Gasteiger partial charge in [-0.15, -0.1) is 0 Å². The molecule has 3 nitrogen and oxygen atoms in total. The number of hydrogen-bond donors (Lipinski definition) is 1. The molecule has 4 heteroatoms. The summed E-state index contributed by atoms with van der Waals surface area (Å²) < 4.78 is 5.23. The van der Waals surface area contributed by atoms with Crippen LogP contribution >= 0.6 is 0 Å². The summed E-state index contributed by atoms with van der Waals surface area (Å²) in [5, 5.41) is 2.50. The summed E-state index contributed by atoms with van der Waals surface area (Å²) in [5.74, 6) is 0.699. The second-order valence-electron chi connectivity index (χ2n) is 3.79. The van der Waals surface area contributed by atoms with Crippen molar-refractivity contribution in [3.63, 3.8) is 0 Å². The van der Waals surface area contributed by atoms with Gasteiger partial charge in [-0.1, -0.05) is 27.7 Å². The molecule has 0 heterocycles. The zero-order valence-corrected chi connectivity index (χ0v) is 12.5. The Labute approximate surface area is 112 Å². The second kappa shape index (κ2) is 8.66. The van der Waals surface area contributed by atoms with Crippen LogP contribution in [0.25, 0.3) is 0 Å². The molecular formula is C10H20NO2Y-. The molecule has 0 aliphatic rings. The smallest absolute Gasteiger partial charge is 0.377 e. The molecule has 1 amide bonds. The Hall–Kier alpha value is 0.374. The van der Waals surface area contributed by atoms with Crippen LogP contribution in [0.1, 0.15) is 34.6 Å². The van der Waals surface area contributed by atoms with Gasteiger partial charge in [0.05, 0.1) is 0 Å². The van der Waals surface area contributed by atoms with E-state index in [0.717, 1.165) is 0 Å². The van der Waals surface area contributed by atoms with Crippen molar-refractivity contribution in [2.75, 3.05) is 0 Å². The average Bonchev–Trinajstić information content (AvgIpc) is 1.99. The van der Waals surface area contributed by atoms with Crippen molar-refractivity contribution in [1.29, 1.82) is 0 Å². The van der Waals surface area contributed by atoms with Crippen molar-refractivity contribution in [2.24, 2.45) is 11.8 Å². The van der Waals surface area contributed by atoms with Gasteiger partial charge in [0, 0.05) is 32.7 Å². The molecule has 81 valence electrons. The summed E-state index contributed by atoms with van der Waals surface area (Å²) in [6, 6.07) is 0. The van der Waals surface area contributed by atoms with Gasteiger partial charge in [-0.25, -0.2) is 11.3 Å². The van der Waals surface area contributed by atoms with Crippen LogP contribution in [0.5, 0.6) is 0 Å². The molecule has 0 bridgehead atoms. The standard InChI is InChI=1S/C10H20NO2.Y/c1-6-11-10(12)13-9(7(2)3)8(4)5;/h6-9H,1-5H3,(H,11,12);/q-1;. The second-order valence-corrected chi connectivity index (χ2v) is 3.79. The number of amides is 1. The van der Waals surface area contributed by atoms with E-state index in [-0.39, 0.29) is 44.9 Å². The van der Waals surface area contributed by atoms with Gasteiger partial charge in [-0.05, 0) is 11.8 Å². The predicted octanol–water partition coefficient (Wildman–Crippen LogP) is 2.57. The maximum Gasteiger partial charge on any atom is 0.377 e. The first-order valence-electron chi connectivity index (χ1n) is 4.74. The number of carbonyl (C=O) groups is 1. The molecule has 14 heavy (non-hydrogen) atoms. The fraction of sp³-hybridized carbons (Fsp3) is 0.800. The monoisotopic (exact) mass is 275 g/mol. The summed E-state index contributed by atoms with van der Waals surface area (Å²) in [5.41, 5.74) is 0. The average molecular weight is 275 g/mol. The Morgan fingerprint density at radius 3 is 1.93 bits per heavy atom. The topological polar surface area (TPSA) is 38.3 Å². The fourth-order valence-electron chi connectivity index (χ4n) is 1.32. The molecule has 0 saturated heterocycles. The molecule has 0 unspecified atom stereocenters. The van der Waals surface area contributed by atoms with E-state index in [0.29, 0.717) is 11.8 Å². The molecule has 0 spiro atoms. The van der Waals surface area contributed by atoms with E-state index < -0.39 is 0 Å². The van der Waals surface area contributed by atoms with Crippen LogP contribution in [0.15, 0.2) is 0 Å². The van der Waals surface area contributed by atoms with Crippen molar-refractivity contribution in [3.8, 4) is 0 Å². The summed E-state index contributed by atoms with van der Waals surface area (Å²) >= 11 is 0.